The van der Waals surface area contributed by atoms with Crippen LogP contribution in [0.15, 0.2) is 24.0 Å². The number of Topliss-reactive ketones (excluding diaryl/α,β-unsaturated/α-hetero) is 1. The molecular weight excluding hydrogens is 377 g/mol. The molecule has 0 aromatic rings. The van der Waals surface area contributed by atoms with Gasteiger partial charge < -0.3 is 13.7 Å². The van der Waals surface area contributed by atoms with Crippen molar-refractivity contribution < 1.29 is 40.0 Å². The van der Waals surface area contributed by atoms with E-state index in [1.54, 1.807) is 6.92 Å². The van der Waals surface area contributed by atoms with Gasteiger partial charge in [0.2, 0.25) is 0 Å². The van der Waals surface area contributed by atoms with Gasteiger partial charge in [0.25, 0.3) is 0 Å². The minimum absolute atomic E-state index is 0.0325. The first kappa shape index (κ1) is 19.4. The van der Waals surface area contributed by atoms with Crippen molar-refractivity contribution in [3.63, 3.8) is 0 Å². The fourth-order valence-electron chi connectivity index (χ4n) is 4.35. The number of fused-ring (bicyclic) bond motifs is 2. The fraction of sp³-hybridized carbons (Fsp3) is 0.688. The molecule has 1 spiro atoms. The molecule has 146 valence electrons. The molecule has 10 heteroatoms. The Kier molecular flexibility index (Phi) is 4.52. The molecule has 0 radical (unpaired) electrons. The van der Waals surface area contributed by atoms with Gasteiger partial charge in [-0.05, 0) is 24.3 Å². The lowest BCUT2D eigenvalue weighted by molar-refractivity contribution is -0.225. The van der Waals surface area contributed by atoms with Crippen LogP contribution in [0, 0.1) is 11.3 Å². The SMILES string of the molecule is C=CCC1=C(OS(=O)(=O)C(F)(F)F)C(=O)C[C@@]2(C)[C@H]1CCC21OCCO1. The summed E-state index contributed by atoms with van der Waals surface area (Å²) in [4.78, 5) is 12.6. The fourth-order valence-corrected chi connectivity index (χ4v) is 4.86. The second-order valence-corrected chi connectivity index (χ2v) is 8.43. The number of ether oxygens (including phenoxy) is 2. The maximum atomic E-state index is 12.7. The summed E-state index contributed by atoms with van der Waals surface area (Å²) in [5.41, 5.74) is -6.23. The van der Waals surface area contributed by atoms with E-state index in [9.17, 15) is 26.4 Å². The highest BCUT2D eigenvalue weighted by atomic mass is 32.2. The third-order valence-electron chi connectivity index (χ3n) is 5.49. The molecule has 0 aromatic carbocycles. The second-order valence-electron chi connectivity index (χ2n) is 6.89. The molecule has 0 aromatic heterocycles. The lowest BCUT2D eigenvalue weighted by Gasteiger charge is -2.45. The molecule has 0 unspecified atom stereocenters. The van der Waals surface area contributed by atoms with Crippen LogP contribution in [0.1, 0.15) is 32.6 Å². The molecular formula is C16H19F3O6S. The van der Waals surface area contributed by atoms with E-state index >= 15 is 0 Å². The van der Waals surface area contributed by atoms with Gasteiger partial charge in [-0.3, -0.25) is 4.79 Å². The molecule has 3 aliphatic rings. The van der Waals surface area contributed by atoms with Crippen molar-refractivity contribution in [1.29, 1.82) is 0 Å². The molecule has 2 atom stereocenters. The Hall–Kier alpha value is -1.39. The van der Waals surface area contributed by atoms with E-state index < -0.39 is 44.3 Å². The number of carbonyl (C=O) groups excluding carboxylic acids is 1. The summed E-state index contributed by atoms with van der Waals surface area (Å²) in [5.74, 6) is -2.96. The van der Waals surface area contributed by atoms with E-state index in [4.69, 9.17) is 9.47 Å². The number of alkyl halides is 3. The molecule has 2 fully saturated rings. The smallest absolute Gasteiger partial charge is 0.372 e. The van der Waals surface area contributed by atoms with Crippen LogP contribution in [0.25, 0.3) is 0 Å². The van der Waals surface area contributed by atoms with Crippen LogP contribution >= 0.6 is 0 Å². The lowest BCUT2D eigenvalue weighted by Crippen LogP contribution is -2.50. The maximum Gasteiger partial charge on any atom is 0.534 e. The van der Waals surface area contributed by atoms with E-state index in [-0.39, 0.29) is 18.4 Å². The Morgan fingerprint density at radius 3 is 2.50 bits per heavy atom. The van der Waals surface area contributed by atoms with Gasteiger partial charge in [-0.1, -0.05) is 13.0 Å². The van der Waals surface area contributed by atoms with Crippen molar-refractivity contribution in [2.45, 2.75) is 43.9 Å². The summed E-state index contributed by atoms with van der Waals surface area (Å²) >= 11 is 0. The minimum atomic E-state index is -5.93. The van der Waals surface area contributed by atoms with Crippen molar-refractivity contribution in [2.24, 2.45) is 11.3 Å². The summed E-state index contributed by atoms with van der Waals surface area (Å²) < 4.78 is 76.8. The molecule has 26 heavy (non-hydrogen) atoms. The van der Waals surface area contributed by atoms with Gasteiger partial charge >= 0.3 is 15.6 Å². The van der Waals surface area contributed by atoms with Gasteiger partial charge in [-0.25, -0.2) is 0 Å². The van der Waals surface area contributed by atoms with Crippen LogP contribution in [0.2, 0.25) is 0 Å². The number of ketones is 1. The van der Waals surface area contributed by atoms with Gasteiger partial charge in [-0.15, -0.1) is 6.58 Å². The predicted molar refractivity (Wildman–Crippen MR) is 83.0 cm³/mol. The zero-order chi connectivity index (χ0) is 19.4. The lowest BCUT2D eigenvalue weighted by atomic mass is 9.65. The van der Waals surface area contributed by atoms with Crippen LogP contribution in [-0.2, 0) is 28.6 Å². The van der Waals surface area contributed by atoms with E-state index in [1.165, 1.54) is 6.08 Å². The summed E-state index contributed by atoms with van der Waals surface area (Å²) in [6.07, 6.45) is 2.15. The number of carbonyl (C=O) groups is 1. The Bertz CT molecular complexity index is 763. The first-order chi connectivity index (χ1) is 12.0. The zero-order valence-corrected chi connectivity index (χ0v) is 14.9. The van der Waals surface area contributed by atoms with E-state index in [2.05, 4.69) is 10.8 Å². The summed E-state index contributed by atoms with van der Waals surface area (Å²) in [6.45, 7) is 6.06. The molecule has 0 bridgehead atoms. The highest BCUT2D eigenvalue weighted by Crippen LogP contribution is 2.62. The van der Waals surface area contributed by atoms with E-state index in [0.717, 1.165) is 0 Å². The standard InChI is InChI=1S/C16H19F3O6S/c1-3-4-10-11-5-6-15(23-7-8-24-15)14(11,2)9-12(20)13(10)25-26(21,22)16(17,18)19/h3,11H,1,4-9H2,2H3/t11-,14-/m0/s1. The third-order valence-corrected chi connectivity index (χ3v) is 6.44. The highest BCUT2D eigenvalue weighted by Gasteiger charge is 2.65. The van der Waals surface area contributed by atoms with E-state index in [1.807, 2.05) is 0 Å². The first-order valence-electron chi connectivity index (χ1n) is 8.13. The summed E-state index contributed by atoms with van der Waals surface area (Å²) in [5, 5.41) is 0. The van der Waals surface area contributed by atoms with Crippen LogP contribution in [0.4, 0.5) is 13.2 Å². The molecule has 1 saturated carbocycles. The first-order valence-corrected chi connectivity index (χ1v) is 9.54. The van der Waals surface area contributed by atoms with Crippen molar-refractivity contribution in [3.8, 4) is 0 Å². The van der Waals surface area contributed by atoms with Crippen LogP contribution in [-0.4, -0.2) is 38.7 Å². The number of halogens is 3. The molecule has 2 aliphatic carbocycles. The number of hydrogen-bond donors (Lipinski definition) is 0. The Morgan fingerprint density at radius 1 is 1.35 bits per heavy atom. The van der Waals surface area contributed by atoms with Crippen molar-refractivity contribution in [2.75, 3.05) is 13.2 Å². The van der Waals surface area contributed by atoms with Gasteiger partial charge in [-0.2, -0.15) is 21.6 Å². The zero-order valence-electron chi connectivity index (χ0n) is 14.1. The average Bonchev–Trinajstić information content (AvgIpc) is 3.09. The van der Waals surface area contributed by atoms with E-state index in [0.29, 0.717) is 26.1 Å². The minimum Gasteiger partial charge on any atom is -0.372 e. The van der Waals surface area contributed by atoms with Crippen molar-refractivity contribution in [1.82, 2.24) is 0 Å². The normalized spacial score (nSPS) is 31.4. The summed E-state index contributed by atoms with van der Waals surface area (Å²) in [6, 6.07) is 0. The quantitative estimate of drug-likeness (QED) is 0.413. The van der Waals surface area contributed by atoms with Gasteiger partial charge in [0.1, 0.15) is 0 Å². The molecule has 6 nitrogen and oxygen atoms in total. The van der Waals surface area contributed by atoms with Gasteiger partial charge in [0.05, 0.1) is 13.2 Å². The van der Waals surface area contributed by atoms with Crippen LogP contribution in [0.3, 0.4) is 0 Å². The van der Waals surface area contributed by atoms with Gasteiger partial charge in [0.15, 0.2) is 17.3 Å². The largest absolute Gasteiger partial charge is 0.534 e. The van der Waals surface area contributed by atoms with Crippen LogP contribution in [0.5, 0.6) is 0 Å². The Labute approximate surface area is 149 Å². The topological polar surface area (TPSA) is 78.9 Å². The Morgan fingerprint density at radius 2 is 1.96 bits per heavy atom. The molecule has 1 heterocycles. The average molecular weight is 396 g/mol. The molecule has 0 amide bonds. The second kappa shape index (κ2) is 6.07. The number of allylic oxidation sites excluding steroid dienone is 3. The number of hydrogen-bond acceptors (Lipinski definition) is 6. The van der Waals surface area contributed by atoms with Crippen molar-refractivity contribution >= 4 is 15.9 Å². The van der Waals surface area contributed by atoms with Crippen LogP contribution < -0.4 is 0 Å². The molecule has 1 saturated heterocycles. The monoisotopic (exact) mass is 396 g/mol. The Balaban J connectivity index is 2.07. The molecule has 0 N–H and O–H groups in total. The highest BCUT2D eigenvalue weighted by molar-refractivity contribution is 7.87. The van der Waals surface area contributed by atoms with Gasteiger partial charge in [0, 0.05) is 18.3 Å². The number of rotatable bonds is 4. The molecule has 3 rings (SSSR count). The molecule has 1 aliphatic heterocycles. The maximum absolute atomic E-state index is 12.7. The third kappa shape index (κ3) is 2.69. The predicted octanol–water partition coefficient (Wildman–Crippen LogP) is 2.82. The van der Waals surface area contributed by atoms with Crippen molar-refractivity contribution in [3.05, 3.63) is 24.0 Å². The summed E-state index contributed by atoms with van der Waals surface area (Å²) in [7, 11) is -5.93.